The summed E-state index contributed by atoms with van der Waals surface area (Å²) >= 11 is 0. The van der Waals surface area contributed by atoms with Crippen LogP contribution in [0.4, 0.5) is 17.6 Å². The molecule has 3 aromatic heterocycles. The van der Waals surface area contributed by atoms with Crippen molar-refractivity contribution in [1.29, 1.82) is 0 Å². The number of rotatable bonds is 10. The Labute approximate surface area is 227 Å². The van der Waals surface area contributed by atoms with Gasteiger partial charge in [-0.15, -0.1) is 0 Å². The highest BCUT2D eigenvalue weighted by molar-refractivity contribution is 5.93. The number of carbonyl (C=O) groups excluding carboxylic acids is 2. The van der Waals surface area contributed by atoms with Crippen LogP contribution < -0.4 is 10.6 Å². The first-order valence-electron chi connectivity index (χ1n) is 13.4. The number of carbonyl (C=O) groups is 2. The second-order valence-electron chi connectivity index (χ2n) is 11.0. The molecule has 2 saturated carbocycles. The van der Waals surface area contributed by atoms with E-state index in [9.17, 15) is 27.2 Å². The van der Waals surface area contributed by atoms with Crippen molar-refractivity contribution in [3.05, 3.63) is 41.1 Å². The van der Waals surface area contributed by atoms with Crippen LogP contribution in [0.3, 0.4) is 0 Å². The van der Waals surface area contributed by atoms with Crippen LogP contribution in [-0.2, 0) is 4.79 Å². The zero-order valence-corrected chi connectivity index (χ0v) is 22.1. The van der Waals surface area contributed by atoms with Gasteiger partial charge >= 0.3 is 0 Å². The Hall–Kier alpha value is -3.58. The first kappa shape index (κ1) is 28.0. The molecule has 2 N–H and O–H groups in total. The maximum Gasteiger partial charge on any atom is 0.276 e. The average Bonchev–Trinajstić information content (AvgIpc) is 3.51. The number of imidazole rings is 1. The molecule has 2 fully saturated rings. The lowest BCUT2D eigenvalue weighted by Gasteiger charge is -2.33. The SMILES string of the molecule is Cc1nonc1C(=O)N[C@H](c1cn2ncc(C(NC(=O)C[C@H](C)C(F)F)C3CC3)cc2n1)C1CCC(F)(F)CC1. The maximum absolute atomic E-state index is 13.9. The normalized spacial score (nSPS) is 19.9. The van der Waals surface area contributed by atoms with Gasteiger partial charge in [-0.3, -0.25) is 9.59 Å². The van der Waals surface area contributed by atoms with Crippen LogP contribution in [0.25, 0.3) is 5.65 Å². The summed E-state index contributed by atoms with van der Waals surface area (Å²) in [7, 11) is 0. The lowest BCUT2D eigenvalue weighted by atomic mass is 9.81. The number of halogens is 4. The van der Waals surface area contributed by atoms with Crippen molar-refractivity contribution in [2.75, 3.05) is 0 Å². The van der Waals surface area contributed by atoms with E-state index in [0.29, 0.717) is 22.6 Å². The lowest BCUT2D eigenvalue weighted by Crippen LogP contribution is -2.37. The highest BCUT2D eigenvalue weighted by Gasteiger charge is 2.40. The van der Waals surface area contributed by atoms with E-state index in [0.717, 1.165) is 12.8 Å². The fourth-order valence-corrected chi connectivity index (χ4v) is 5.22. The number of hydrogen-bond acceptors (Lipinski definition) is 7. The molecule has 2 aliphatic rings. The average molecular weight is 566 g/mol. The van der Waals surface area contributed by atoms with Crippen molar-refractivity contribution in [2.45, 2.75) is 83.2 Å². The van der Waals surface area contributed by atoms with Gasteiger partial charge < -0.3 is 10.6 Å². The number of nitrogens with zero attached hydrogens (tertiary/aromatic N) is 5. The molecule has 0 radical (unpaired) electrons. The number of amides is 2. The van der Waals surface area contributed by atoms with Gasteiger partial charge in [0.25, 0.3) is 5.91 Å². The van der Waals surface area contributed by atoms with Crippen LogP contribution in [0.2, 0.25) is 0 Å². The first-order chi connectivity index (χ1) is 19.0. The van der Waals surface area contributed by atoms with Crippen molar-refractivity contribution < 1.29 is 31.8 Å². The van der Waals surface area contributed by atoms with Gasteiger partial charge in [0.05, 0.1) is 30.2 Å². The van der Waals surface area contributed by atoms with Gasteiger partial charge in [-0.25, -0.2) is 31.7 Å². The summed E-state index contributed by atoms with van der Waals surface area (Å²) in [4.78, 5) is 30.1. The van der Waals surface area contributed by atoms with E-state index >= 15 is 0 Å². The first-order valence-corrected chi connectivity index (χ1v) is 13.4. The third kappa shape index (κ3) is 6.25. The molecular formula is C26H31F4N7O3. The van der Waals surface area contributed by atoms with Crippen LogP contribution in [0.5, 0.6) is 0 Å². The Bertz CT molecular complexity index is 1360. The Morgan fingerprint density at radius 2 is 1.80 bits per heavy atom. The predicted molar refractivity (Wildman–Crippen MR) is 133 cm³/mol. The zero-order valence-electron chi connectivity index (χ0n) is 22.1. The Morgan fingerprint density at radius 1 is 1.10 bits per heavy atom. The smallest absolute Gasteiger partial charge is 0.276 e. The Kier molecular flexibility index (Phi) is 7.78. The van der Waals surface area contributed by atoms with Crippen molar-refractivity contribution in [3.63, 3.8) is 0 Å². The fraction of sp³-hybridized carbons (Fsp3) is 0.615. The van der Waals surface area contributed by atoms with Crippen molar-refractivity contribution in [3.8, 4) is 0 Å². The van der Waals surface area contributed by atoms with Gasteiger partial charge in [-0.05, 0) is 61.2 Å². The molecule has 3 aromatic rings. The molecular weight excluding hydrogens is 534 g/mol. The molecule has 1 unspecified atom stereocenters. The zero-order chi connectivity index (χ0) is 28.6. The minimum Gasteiger partial charge on any atom is -0.349 e. The van der Waals surface area contributed by atoms with E-state index in [-0.39, 0.29) is 49.6 Å². The molecule has 10 nitrogen and oxygen atoms in total. The van der Waals surface area contributed by atoms with E-state index in [1.54, 1.807) is 25.4 Å². The molecule has 40 heavy (non-hydrogen) atoms. The molecule has 5 rings (SSSR count). The molecule has 0 bridgehead atoms. The second-order valence-corrected chi connectivity index (χ2v) is 11.0. The molecule has 0 saturated heterocycles. The Balaban J connectivity index is 1.40. The molecule has 3 atom stereocenters. The van der Waals surface area contributed by atoms with Gasteiger partial charge in [-0.1, -0.05) is 12.1 Å². The van der Waals surface area contributed by atoms with Crippen LogP contribution in [-0.4, -0.2) is 49.1 Å². The number of aryl methyl sites for hydroxylation is 1. The summed E-state index contributed by atoms with van der Waals surface area (Å²) in [6.45, 7) is 2.90. The molecule has 216 valence electrons. The van der Waals surface area contributed by atoms with Crippen LogP contribution >= 0.6 is 0 Å². The molecule has 2 aliphatic carbocycles. The van der Waals surface area contributed by atoms with Crippen molar-refractivity contribution in [1.82, 2.24) is 35.5 Å². The van der Waals surface area contributed by atoms with Gasteiger partial charge in [0.1, 0.15) is 5.69 Å². The predicted octanol–water partition coefficient (Wildman–Crippen LogP) is 4.58. The molecule has 0 aliphatic heterocycles. The third-order valence-corrected chi connectivity index (χ3v) is 7.77. The van der Waals surface area contributed by atoms with E-state index in [1.807, 2.05) is 0 Å². The van der Waals surface area contributed by atoms with Crippen LogP contribution in [0, 0.1) is 24.7 Å². The number of aromatic nitrogens is 5. The lowest BCUT2D eigenvalue weighted by molar-refractivity contribution is -0.124. The summed E-state index contributed by atoms with van der Waals surface area (Å²) in [5, 5.41) is 17.5. The Morgan fingerprint density at radius 3 is 2.42 bits per heavy atom. The number of nitrogens with one attached hydrogen (secondary N) is 2. The van der Waals surface area contributed by atoms with Crippen LogP contribution in [0.1, 0.15) is 91.4 Å². The number of fused-ring (bicyclic) bond motifs is 1. The number of alkyl halides is 4. The summed E-state index contributed by atoms with van der Waals surface area (Å²) in [6.07, 6.45) is 1.92. The van der Waals surface area contributed by atoms with Crippen molar-refractivity contribution >= 4 is 17.5 Å². The van der Waals surface area contributed by atoms with Gasteiger partial charge in [0, 0.05) is 25.2 Å². The third-order valence-electron chi connectivity index (χ3n) is 7.77. The fourth-order valence-electron chi connectivity index (χ4n) is 5.22. The summed E-state index contributed by atoms with van der Waals surface area (Å²) in [5.41, 5.74) is 1.86. The molecule has 14 heteroatoms. The molecule has 2 amide bonds. The quantitative estimate of drug-likeness (QED) is 0.345. The van der Waals surface area contributed by atoms with E-state index in [4.69, 9.17) is 0 Å². The van der Waals surface area contributed by atoms with Gasteiger partial charge in [0.2, 0.25) is 18.3 Å². The van der Waals surface area contributed by atoms with E-state index < -0.39 is 42.2 Å². The summed E-state index contributed by atoms with van der Waals surface area (Å²) in [5.74, 6) is -4.95. The molecule has 3 heterocycles. The second kappa shape index (κ2) is 11.1. The minimum atomic E-state index is -2.75. The number of hydrogen-bond donors (Lipinski definition) is 2. The topological polar surface area (TPSA) is 127 Å². The van der Waals surface area contributed by atoms with Crippen LogP contribution in [0.15, 0.2) is 23.1 Å². The van der Waals surface area contributed by atoms with E-state index in [1.165, 1.54) is 11.4 Å². The van der Waals surface area contributed by atoms with E-state index in [2.05, 4.69) is 35.7 Å². The largest absolute Gasteiger partial charge is 0.349 e. The van der Waals surface area contributed by atoms with Crippen molar-refractivity contribution in [2.24, 2.45) is 17.8 Å². The summed E-state index contributed by atoms with van der Waals surface area (Å²) < 4.78 is 59.9. The highest BCUT2D eigenvalue weighted by Crippen LogP contribution is 2.43. The molecule has 0 spiro atoms. The molecule has 0 aromatic carbocycles. The van der Waals surface area contributed by atoms with Gasteiger partial charge in [0.15, 0.2) is 11.3 Å². The highest BCUT2D eigenvalue weighted by atomic mass is 19.3. The monoisotopic (exact) mass is 565 g/mol. The minimum absolute atomic E-state index is 0.000471. The standard InChI is InChI=1S/C26H31F4N7O3/c1-13(24(27)28)9-20(38)33-22(15-3-4-15)17-10-19-32-18(12-37(19)31-11-17)23(16-5-7-26(29,30)8-6-16)34-25(39)21-14(2)35-40-36-21/h10-13,15-16,22-24H,3-9H2,1-2H3,(H,33,38)(H,34,39)/t13-,22?,23-/m0/s1. The maximum atomic E-state index is 13.9. The summed E-state index contributed by atoms with van der Waals surface area (Å²) in [6, 6.07) is 0.670. The van der Waals surface area contributed by atoms with Gasteiger partial charge in [-0.2, -0.15) is 5.10 Å².